The summed E-state index contributed by atoms with van der Waals surface area (Å²) in [5.74, 6) is 0.619. The van der Waals surface area contributed by atoms with E-state index in [-0.39, 0.29) is 5.91 Å². The maximum absolute atomic E-state index is 12.7. The van der Waals surface area contributed by atoms with E-state index in [1.54, 1.807) is 16.3 Å². The van der Waals surface area contributed by atoms with Crippen molar-refractivity contribution in [2.75, 3.05) is 12.3 Å². The van der Waals surface area contributed by atoms with E-state index in [9.17, 15) is 18.0 Å². The Bertz CT molecular complexity index is 1050. The number of carbonyl (C=O) groups excluding carboxylic acids is 1. The average Bonchev–Trinajstić information content (AvgIpc) is 3.13. The van der Waals surface area contributed by atoms with Crippen LogP contribution in [0.4, 0.5) is 18.3 Å². The molecule has 150 valence electrons. The number of nitrogens with zero attached hydrogens (tertiary/aromatic N) is 2. The zero-order valence-corrected chi connectivity index (χ0v) is 15.9. The molecular weight excluding hydrogens is 403 g/mol. The molecule has 29 heavy (non-hydrogen) atoms. The van der Waals surface area contributed by atoms with Crippen LogP contribution in [0, 0.1) is 0 Å². The van der Waals surface area contributed by atoms with Crippen LogP contribution in [0.15, 0.2) is 47.8 Å². The lowest BCUT2D eigenvalue weighted by atomic mass is 9.99. The van der Waals surface area contributed by atoms with E-state index < -0.39 is 11.7 Å². The molecule has 1 aliphatic rings. The predicted octanol–water partition coefficient (Wildman–Crippen LogP) is 4.73. The second-order valence-electron chi connectivity index (χ2n) is 6.60. The highest BCUT2D eigenvalue weighted by molar-refractivity contribution is 7.13. The summed E-state index contributed by atoms with van der Waals surface area (Å²) in [6, 6.07) is 10.0. The summed E-state index contributed by atoms with van der Waals surface area (Å²) >= 11 is 1.22. The number of carbonyl (C=O) groups is 1. The molecule has 4 rings (SSSR count). The fraction of sp³-hybridized carbons (Fsp3) is 0.200. The third-order valence-corrected chi connectivity index (χ3v) is 5.31. The molecule has 1 aromatic heterocycles. The van der Waals surface area contributed by atoms with Crippen LogP contribution >= 0.6 is 11.3 Å². The van der Waals surface area contributed by atoms with Gasteiger partial charge in [-0.05, 0) is 53.9 Å². The Balaban J connectivity index is 1.49. The van der Waals surface area contributed by atoms with E-state index in [1.807, 2.05) is 12.1 Å². The summed E-state index contributed by atoms with van der Waals surface area (Å²) in [5.41, 5.74) is 7.24. The van der Waals surface area contributed by atoms with Crippen molar-refractivity contribution in [3.8, 4) is 11.5 Å². The Labute approximate surface area is 168 Å². The molecule has 0 saturated carbocycles. The number of hydrogen-bond donors (Lipinski definition) is 1. The number of ether oxygens (including phenoxy) is 1. The predicted molar refractivity (Wildman–Crippen MR) is 103 cm³/mol. The SMILES string of the molecule is Nc1nc(C(=O)N2CCc3ccc(Oc4ccc(C(F)(F)F)cc4)cc3C2)cs1. The molecule has 0 radical (unpaired) electrons. The Morgan fingerprint density at radius 2 is 1.83 bits per heavy atom. The Hall–Kier alpha value is -3.07. The molecule has 2 N–H and O–H groups in total. The second-order valence-corrected chi connectivity index (χ2v) is 7.49. The number of nitrogens with two attached hydrogens (primary N) is 1. The molecule has 1 amide bonds. The van der Waals surface area contributed by atoms with E-state index >= 15 is 0 Å². The largest absolute Gasteiger partial charge is 0.457 e. The van der Waals surface area contributed by atoms with Crippen LogP contribution < -0.4 is 10.5 Å². The highest BCUT2D eigenvalue weighted by Gasteiger charge is 2.30. The smallest absolute Gasteiger partial charge is 0.416 e. The summed E-state index contributed by atoms with van der Waals surface area (Å²) in [4.78, 5) is 18.3. The van der Waals surface area contributed by atoms with Gasteiger partial charge in [-0.3, -0.25) is 4.79 Å². The summed E-state index contributed by atoms with van der Waals surface area (Å²) in [5, 5.41) is 1.98. The molecule has 0 spiro atoms. The number of nitrogen functional groups attached to an aromatic ring is 1. The zero-order valence-electron chi connectivity index (χ0n) is 15.1. The number of fused-ring (bicyclic) bond motifs is 1. The molecule has 0 aliphatic carbocycles. The fourth-order valence-corrected chi connectivity index (χ4v) is 3.70. The number of hydrogen-bond acceptors (Lipinski definition) is 5. The normalized spacial score (nSPS) is 13.8. The number of benzene rings is 2. The van der Waals surface area contributed by atoms with Crippen LogP contribution in [-0.2, 0) is 19.1 Å². The summed E-state index contributed by atoms with van der Waals surface area (Å²) in [6.45, 7) is 0.970. The standard InChI is InChI=1S/C20H16F3N3O2S/c21-20(22,23)14-2-5-15(6-3-14)28-16-4-1-12-7-8-26(10-13(12)9-16)18(27)17-11-29-19(24)25-17/h1-6,9,11H,7-8,10H2,(H2,24,25). The summed E-state index contributed by atoms with van der Waals surface area (Å²) in [7, 11) is 0. The van der Waals surface area contributed by atoms with Gasteiger partial charge in [0.2, 0.25) is 0 Å². The highest BCUT2D eigenvalue weighted by Crippen LogP contribution is 2.32. The van der Waals surface area contributed by atoms with Crippen molar-refractivity contribution < 1.29 is 22.7 Å². The summed E-state index contributed by atoms with van der Waals surface area (Å²) in [6.07, 6.45) is -3.69. The lowest BCUT2D eigenvalue weighted by Crippen LogP contribution is -2.36. The maximum Gasteiger partial charge on any atom is 0.416 e. The molecule has 0 unspecified atom stereocenters. The van der Waals surface area contributed by atoms with Crippen LogP contribution in [0.3, 0.4) is 0 Å². The van der Waals surface area contributed by atoms with Crippen LogP contribution in [0.5, 0.6) is 11.5 Å². The van der Waals surface area contributed by atoms with Gasteiger partial charge < -0.3 is 15.4 Å². The first-order valence-corrected chi connectivity index (χ1v) is 9.65. The van der Waals surface area contributed by atoms with Gasteiger partial charge in [0.05, 0.1) is 5.56 Å². The van der Waals surface area contributed by atoms with Gasteiger partial charge in [-0.25, -0.2) is 4.98 Å². The first-order valence-electron chi connectivity index (χ1n) is 8.77. The van der Waals surface area contributed by atoms with Crippen LogP contribution in [-0.4, -0.2) is 22.3 Å². The molecule has 2 heterocycles. The molecule has 2 aromatic carbocycles. The second kappa shape index (κ2) is 7.40. The quantitative estimate of drug-likeness (QED) is 0.666. The Morgan fingerprint density at radius 3 is 2.48 bits per heavy atom. The molecular formula is C20H16F3N3O2S. The van der Waals surface area contributed by atoms with Crippen LogP contribution in [0.1, 0.15) is 27.2 Å². The highest BCUT2D eigenvalue weighted by atomic mass is 32.1. The van der Waals surface area contributed by atoms with E-state index in [2.05, 4.69) is 4.98 Å². The van der Waals surface area contributed by atoms with Crippen molar-refractivity contribution >= 4 is 22.4 Å². The first kappa shape index (κ1) is 19.3. The van der Waals surface area contributed by atoms with Crippen LogP contribution in [0.2, 0.25) is 0 Å². The van der Waals surface area contributed by atoms with Crippen molar-refractivity contribution in [3.05, 3.63) is 70.2 Å². The van der Waals surface area contributed by atoms with E-state index in [4.69, 9.17) is 10.5 Å². The van der Waals surface area contributed by atoms with Gasteiger partial charge in [0.25, 0.3) is 5.91 Å². The van der Waals surface area contributed by atoms with E-state index in [0.717, 1.165) is 23.3 Å². The molecule has 0 atom stereocenters. The van der Waals surface area contributed by atoms with Gasteiger partial charge in [0.1, 0.15) is 17.2 Å². The van der Waals surface area contributed by atoms with Gasteiger partial charge in [0, 0.05) is 18.5 Å². The first-order chi connectivity index (χ1) is 13.8. The minimum absolute atomic E-state index is 0.183. The van der Waals surface area contributed by atoms with Crippen molar-refractivity contribution in [1.82, 2.24) is 9.88 Å². The molecule has 9 heteroatoms. The topological polar surface area (TPSA) is 68.5 Å². The number of thiazole rings is 1. The lowest BCUT2D eigenvalue weighted by molar-refractivity contribution is -0.137. The minimum Gasteiger partial charge on any atom is -0.457 e. The third-order valence-electron chi connectivity index (χ3n) is 4.64. The molecule has 5 nitrogen and oxygen atoms in total. The number of anilines is 1. The molecule has 3 aromatic rings. The van der Waals surface area contributed by atoms with Crippen LogP contribution in [0.25, 0.3) is 0 Å². The molecule has 0 bridgehead atoms. The molecule has 0 fully saturated rings. The van der Waals surface area contributed by atoms with Gasteiger partial charge in [-0.15, -0.1) is 11.3 Å². The number of aromatic nitrogens is 1. The van der Waals surface area contributed by atoms with Crippen molar-refractivity contribution in [2.45, 2.75) is 19.1 Å². The lowest BCUT2D eigenvalue weighted by Gasteiger charge is -2.28. The van der Waals surface area contributed by atoms with Gasteiger partial charge in [0.15, 0.2) is 5.13 Å². The van der Waals surface area contributed by atoms with E-state index in [0.29, 0.717) is 41.8 Å². The monoisotopic (exact) mass is 419 g/mol. The van der Waals surface area contributed by atoms with Gasteiger partial charge in [-0.2, -0.15) is 13.2 Å². The van der Waals surface area contributed by atoms with Gasteiger partial charge >= 0.3 is 6.18 Å². The Morgan fingerprint density at radius 1 is 1.10 bits per heavy atom. The number of amides is 1. The maximum atomic E-state index is 12.7. The Kier molecular flexibility index (Phi) is 4.91. The van der Waals surface area contributed by atoms with Gasteiger partial charge in [-0.1, -0.05) is 6.07 Å². The van der Waals surface area contributed by atoms with Crippen molar-refractivity contribution in [1.29, 1.82) is 0 Å². The van der Waals surface area contributed by atoms with E-state index in [1.165, 1.54) is 23.5 Å². The minimum atomic E-state index is -4.39. The average molecular weight is 419 g/mol. The number of halogens is 3. The van der Waals surface area contributed by atoms with Crippen molar-refractivity contribution in [3.63, 3.8) is 0 Å². The van der Waals surface area contributed by atoms with Crippen molar-refractivity contribution in [2.24, 2.45) is 0 Å². The number of rotatable bonds is 3. The molecule has 0 saturated heterocycles. The zero-order chi connectivity index (χ0) is 20.6. The fourth-order valence-electron chi connectivity index (χ4n) is 3.17. The molecule has 1 aliphatic heterocycles. The summed E-state index contributed by atoms with van der Waals surface area (Å²) < 4.78 is 43.7. The number of alkyl halides is 3. The third kappa shape index (κ3) is 4.19.